The van der Waals surface area contributed by atoms with Crippen LogP contribution in [0.3, 0.4) is 0 Å². The van der Waals surface area contributed by atoms with Crippen LogP contribution in [0.4, 0.5) is 9.39 Å². The number of esters is 1. The van der Waals surface area contributed by atoms with Gasteiger partial charge >= 0.3 is 5.97 Å². The highest BCUT2D eigenvalue weighted by Crippen LogP contribution is 2.36. The number of amides is 1. The monoisotopic (exact) mass is 389 g/mol. The third kappa shape index (κ3) is 3.76. The molecule has 1 aromatic heterocycles. The van der Waals surface area contributed by atoms with Crippen molar-refractivity contribution in [2.75, 3.05) is 12.4 Å². The number of hydrogen-bond acceptors (Lipinski definition) is 4. The number of nitrogens with one attached hydrogen (secondary N) is 1. The number of methoxy groups -OCH3 is 1. The fourth-order valence-electron chi connectivity index (χ4n) is 2.40. The fraction of sp³-hybridized carbons (Fsp3) is 0.0526. The van der Waals surface area contributed by atoms with Gasteiger partial charge in [-0.25, -0.2) is 9.18 Å². The highest BCUT2D eigenvalue weighted by Gasteiger charge is 2.22. The van der Waals surface area contributed by atoms with E-state index in [1.165, 1.54) is 36.6 Å². The lowest BCUT2D eigenvalue weighted by Crippen LogP contribution is -2.14. The molecule has 132 valence electrons. The van der Waals surface area contributed by atoms with Crippen LogP contribution in [0.5, 0.6) is 0 Å². The number of ether oxygens (including phenoxy) is 1. The van der Waals surface area contributed by atoms with Crippen molar-refractivity contribution in [3.8, 4) is 11.1 Å². The number of thiophene rings is 1. The van der Waals surface area contributed by atoms with Crippen molar-refractivity contribution in [1.82, 2.24) is 0 Å². The molecule has 0 atom stereocenters. The number of rotatable bonds is 4. The van der Waals surface area contributed by atoms with E-state index in [1.54, 1.807) is 29.6 Å². The van der Waals surface area contributed by atoms with Crippen LogP contribution in [0.2, 0.25) is 5.02 Å². The Balaban J connectivity index is 1.98. The second-order valence-electron chi connectivity index (χ2n) is 5.32. The molecule has 7 heteroatoms. The summed E-state index contributed by atoms with van der Waals surface area (Å²) in [5.74, 6) is -1.61. The van der Waals surface area contributed by atoms with Gasteiger partial charge < -0.3 is 10.1 Å². The molecule has 0 saturated heterocycles. The van der Waals surface area contributed by atoms with Crippen LogP contribution in [-0.2, 0) is 4.74 Å². The van der Waals surface area contributed by atoms with Gasteiger partial charge in [0.05, 0.1) is 7.11 Å². The second kappa shape index (κ2) is 7.68. The van der Waals surface area contributed by atoms with E-state index in [-0.39, 0.29) is 11.1 Å². The molecule has 0 unspecified atom stereocenters. The Bertz CT molecular complexity index is 969. The smallest absolute Gasteiger partial charge is 0.341 e. The third-order valence-corrected chi connectivity index (χ3v) is 4.80. The molecule has 26 heavy (non-hydrogen) atoms. The zero-order valence-corrected chi connectivity index (χ0v) is 15.2. The van der Waals surface area contributed by atoms with Crippen molar-refractivity contribution in [3.05, 3.63) is 75.9 Å². The van der Waals surface area contributed by atoms with Gasteiger partial charge in [-0.15, -0.1) is 11.3 Å². The Morgan fingerprint density at radius 3 is 2.54 bits per heavy atom. The quantitative estimate of drug-likeness (QED) is 0.620. The number of carbonyl (C=O) groups excluding carboxylic acids is 2. The number of hydrogen-bond donors (Lipinski definition) is 1. The molecule has 0 bridgehead atoms. The summed E-state index contributed by atoms with van der Waals surface area (Å²) in [4.78, 5) is 24.7. The zero-order valence-electron chi connectivity index (χ0n) is 13.6. The summed E-state index contributed by atoms with van der Waals surface area (Å²) in [5, 5.41) is 5.31. The molecule has 0 fully saturated rings. The Morgan fingerprint density at radius 2 is 1.88 bits per heavy atom. The Labute approximate surface area is 158 Å². The maximum absolute atomic E-state index is 13.3. The summed E-state index contributed by atoms with van der Waals surface area (Å²) in [6.07, 6.45) is 0. The van der Waals surface area contributed by atoms with E-state index in [9.17, 15) is 14.0 Å². The minimum atomic E-state index is -0.578. The van der Waals surface area contributed by atoms with Crippen LogP contribution in [0.25, 0.3) is 11.1 Å². The topological polar surface area (TPSA) is 55.4 Å². The molecule has 0 saturated carbocycles. The molecule has 3 aromatic rings. The molecule has 0 aliphatic carbocycles. The van der Waals surface area contributed by atoms with E-state index in [2.05, 4.69) is 5.32 Å². The van der Waals surface area contributed by atoms with Gasteiger partial charge in [-0.1, -0.05) is 29.8 Å². The number of halogens is 2. The molecule has 3 rings (SSSR count). The van der Waals surface area contributed by atoms with Crippen molar-refractivity contribution in [3.63, 3.8) is 0 Å². The molecule has 1 N–H and O–H groups in total. The first kappa shape index (κ1) is 18.1. The molecule has 0 aliphatic rings. The molecule has 4 nitrogen and oxygen atoms in total. The van der Waals surface area contributed by atoms with E-state index in [0.717, 1.165) is 11.6 Å². The van der Waals surface area contributed by atoms with Crippen molar-refractivity contribution in [2.45, 2.75) is 0 Å². The average molecular weight is 390 g/mol. The van der Waals surface area contributed by atoms with Crippen LogP contribution >= 0.6 is 22.9 Å². The highest BCUT2D eigenvalue weighted by atomic mass is 35.5. The minimum absolute atomic E-state index is 0.155. The van der Waals surface area contributed by atoms with Gasteiger partial charge in [-0.2, -0.15) is 0 Å². The van der Waals surface area contributed by atoms with Gasteiger partial charge in [0.2, 0.25) is 0 Å². The first-order valence-corrected chi connectivity index (χ1v) is 8.78. The number of carbonyl (C=O) groups is 2. The van der Waals surface area contributed by atoms with Gasteiger partial charge in [0.15, 0.2) is 0 Å². The Hall–Kier alpha value is -2.70. The maximum atomic E-state index is 13.3. The summed E-state index contributed by atoms with van der Waals surface area (Å²) in [5.41, 5.74) is 1.78. The highest BCUT2D eigenvalue weighted by molar-refractivity contribution is 7.15. The van der Waals surface area contributed by atoms with Crippen molar-refractivity contribution in [1.29, 1.82) is 0 Å². The summed E-state index contributed by atoms with van der Waals surface area (Å²) >= 11 is 7.09. The second-order valence-corrected chi connectivity index (χ2v) is 6.63. The Kier molecular flexibility index (Phi) is 5.35. The first-order valence-electron chi connectivity index (χ1n) is 7.52. The van der Waals surface area contributed by atoms with Crippen LogP contribution in [0.15, 0.2) is 53.9 Å². The summed E-state index contributed by atoms with van der Waals surface area (Å²) in [6, 6.07) is 12.3. The molecular formula is C19H13ClFNO3S. The average Bonchev–Trinajstić information content (AvgIpc) is 3.05. The van der Waals surface area contributed by atoms with E-state index in [4.69, 9.17) is 16.3 Å². The molecule has 1 amide bonds. The van der Waals surface area contributed by atoms with Crippen LogP contribution < -0.4 is 5.32 Å². The molecular weight excluding hydrogens is 377 g/mol. The van der Waals surface area contributed by atoms with Crippen molar-refractivity contribution >= 4 is 39.8 Å². The zero-order chi connectivity index (χ0) is 18.7. The summed E-state index contributed by atoms with van der Waals surface area (Å²) < 4.78 is 18.2. The largest absolute Gasteiger partial charge is 0.465 e. The lowest BCUT2D eigenvalue weighted by Gasteiger charge is -2.08. The van der Waals surface area contributed by atoms with Gasteiger partial charge in [0.25, 0.3) is 5.91 Å². The van der Waals surface area contributed by atoms with Gasteiger partial charge in [0.1, 0.15) is 16.4 Å². The Morgan fingerprint density at radius 1 is 1.15 bits per heavy atom. The van der Waals surface area contributed by atoms with Crippen LogP contribution in [0.1, 0.15) is 20.7 Å². The predicted molar refractivity (Wildman–Crippen MR) is 100 cm³/mol. The molecule has 0 aliphatic heterocycles. The minimum Gasteiger partial charge on any atom is -0.465 e. The number of benzene rings is 2. The molecule has 1 heterocycles. The molecule has 0 spiro atoms. The van der Waals surface area contributed by atoms with Gasteiger partial charge in [-0.05, 0) is 35.9 Å². The van der Waals surface area contributed by atoms with Crippen LogP contribution in [-0.4, -0.2) is 19.0 Å². The summed E-state index contributed by atoms with van der Waals surface area (Å²) in [6.45, 7) is 0. The predicted octanol–water partition coefficient (Wildman–Crippen LogP) is 5.25. The summed E-state index contributed by atoms with van der Waals surface area (Å²) in [7, 11) is 1.27. The molecule has 0 radical (unpaired) electrons. The van der Waals surface area contributed by atoms with E-state index in [0.29, 0.717) is 15.6 Å². The normalized spacial score (nSPS) is 10.4. The van der Waals surface area contributed by atoms with Crippen molar-refractivity contribution in [2.24, 2.45) is 0 Å². The van der Waals surface area contributed by atoms with E-state index in [1.807, 2.05) is 0 Å². The SMILES string of the molecule is COC(=O)c1c(-c2ccc(Cl)cc2)csc1NC(=O)c1cccc(F)c1. The van der Waals surface area contributed by atoms with Crippen molar-refractivity contribution < 1.29 is 18.7 Å². The number of anilines is 1. The van der Waals surface area contributed by atoms with E-state index >= 15 is 0 Å². The van der Waals surface area contributed by atoms with Gasteiger partial charge in [-0.3, -0.25) is 4.79 Å². The fourth-order valence-corrected chi connectivity index (χ4v) is 3.48. The standard InChI is InChI=1S/C19H13ClFNO3S/c1-25-19(24)16-15(11-5-7-13(20)8-6-11)10-26-18(16)22-17(23)12-3-2-4-14(21)9-12/h2-10H,1H3,(H,22,23). The first-order chi connectivity index (χ1) is 12.5. The third-order valence-electron chi connectivity index (χ3n) is 3.65. The maximum Gasteiger partial charge on any atom is 0.341 e. The van der Waals surface area contributed by atoms with E-state index < -0.39 is 17.7 Å². The molecule has 2 aromatic carbocycles. The lowest BCUT2D eigenvalue weighted by atomic mass is 10.0. The van der Waals surface area contributed by atoms with Crippen LogP contribution in [0, 0.1) is 5.82 Å². The lowest BCUT2D eigenvalue weighted by molar-refractivity contribution is 0.0603. The van der Waals surface area contributed by atoms with Gasteiger partial charge in [0, 0.05) is 21.5 Å².